The zero-order valence-electron chi connectivity index (χ0n) is 16.6. The van der Waals surface area contributed by atoms with Gasteiger partial charge in [0.1, 0.15) is 5.82 Å². The second-order valence-electron chi connectivity index (χ2n) is 7.68. The maximum atomic E-state index is 14.7. The molecule has 1 aliphatic heterocycles. The van der Waals surface area contributed by atoms with Crippen molar-refractivity contribution < 1.29 is 22.3 Å². The molecule has 0 saturated carbocycles. The summed E-state index contributed by atoms with van der Waals surface area (Å²) in [6, 6.07) is 13.8. The number of halogens is 4. The lowest BCUT2D eigenvalue weighted by molar-refractivity contribution is 0.0397. The quantitative estimate of drug-likeness (QED) is 0.309. The predicted molar refractivity (Wildman–Crippen MR) is 109 cm³/mol. The Kier molecular flexibility index (Phi) is 5.91. The molecule has 3 aromatic carbocycles. The summed E-state index contributed by atoms with van der Waals surface area (Å²) >= 11 is 0. The van der Waals surface area contributed by atoms with Crippen LogP contribution in [0.15, 0.2) is 54.6 Å². The Morgan fingerprint density at radius 2 is 1.40 bits per heavy atom. The van der Waals surface area contributed by atoms with E-state index in [9.17, 15) is 17.6 Å². The van der Waals surface area contributed by atoms with Crippen LogP contribution in [0.3, 0.4) is 0 Å². The number of hydrogen-bond donors (Lipinski definition) is 0. The molecule has 0 bridgehead atoms. The van der Waals surface area contributed by atoms with E-state index in [2.05, 4.69) is 6.92 Å². The van der Waals surface area contributed by atoms with Crippen molar-refractivity contribution >= 4 is 0 Å². The number of ether oxygens (including phenoxy) is 1. The summed E-state index contributed by atoms with van der Waals surface area (Å²) in [5, 5.41) is 0. The highest BCUT2D eigenvalue weighted by Gasteiger charge is 2.25. The molecule has 0 aromatic heterocycles. The molecule has 156 valence electrons. The zero-order chi connectivity index (χ0) is 21.3. The summed E-state index contributed by atoms with van der Waals surface area (Å²) < 4.78 is 60.9. The van der Waals surface area contributed by atoms with Crippen LogP contribution in [0.1, 0.15) is 44.3 Å². The lowest BCUT2D eigenvalue weighted by Gasteiger charge is -2.14. The topological polar surface area (TPSA) is 9.23 Å². The van der Waals surface area contributed by atoms with Crippen LogP contribution in [0.25, 0.3) is 22.3 Å². The molecule has 0 amide bonds. The van der Waals surface area contributed by atoms with Gasteiger partial charge in [-0.2, -0.15) is 0 Å². The summed E-state index contributed by atoms with van der Waals surface area (Å²) in [6.07, 6.45) is 4.66. The minimum absolute atomic E-state index is 0.00879. The van der Waals surface area contributed by atoms with Gasteiger partial charge in [-0.1, -0.05) is 49.7 Å². The maximum Gasteiger partial charge on any atom is 0.194 e. The molecule has 0 radical (unpaired) electrons. The molecular formula is C25H22F4O. The number of hydrogen-bond acceptors (Lipinski definition) is 1. The van der Waals surface area contributed by atoms with E-state index in [1.165, 1.54) is 12.1 Å². The number of benzene rings is 3. The van der Waals surface area contributed by atoms with Crippen molar-refractivity contribution in [3.8, 4) is 22.3 Å². The van der Waals surface area contributed by atoms with E-state index in [1.807, 2.05) is 24.3 Å². The second-order valence-corrected chi connectivity index (χ2v) is 7.68. The fraction of sp³-hybridized carbons (Fsp3) is 0.280. The third-order valence-electron chi connectivity index (χ3n) is 5.60. The summed E-state index contributed by atoms with van der Waals surface area (Å²) in [5.41, 5.74) is 2.53. The van der Waals surface area contributed by atoms with Gasteiger partial charge in [-0.25, -0.2) is 17.6 Å². The van der Waals surface area contributed by atoms with Gasteiger partial charge in [0.15, 0.2) is 17.5 Å². The Bertz CT molecular complexity index is 1020. The van der Waals surface area contributed by atoms with Crippen LogP contribution in [0.4, 0.5) is 17.6 Å². The Morgan fingerprint density at radius 3 is 2.03 bits per heavy atom. The van der Waals surface area contributed by atoms with Gasteiger partial charge in [0, 0.05) is 5.56 Å². The number of rotatable bonds is 5. The van der Waals surface area contributed by atoms with Crippen LogP contribution >= 0.6 is 0 Å². The van der Waals surface area contributed by atoms with Gasteiger partial charge >= 0.3 is 0 Å². The average molecular weight is 414 g/mol. The Morgan fingerprint density at radius 1 is 0.767 bits per heavy atom. The van der Waals surface area contributed by atoms with E-state index < -0.39 is 23.3 Å². The first-order chi connectivity index (χ1) is 14.5. The molecule has 4 rings (SSSR count). The summed E-state index contributed by atoms with van der Waals surface area (Å²) in [5.74, 6) is -4.90. The highest BCUT2D eigenvalue weighted by atomic mass is 19.2. The second kappa shape index (κ2) is 8.60. The van der Waals surface area contributed by atoms with Gasteiger partial charge < -0.3 is 4.74 Å². The van der Waals surface area contributed by atoms with Crippen molar-refractivity contribution in [2.45, 2.75) is 44.8 Å². The highest BCUT2D eigenvalue weighted by Crippen LogP contribution is 2.36. The standard InChI is InChI=1S/C25H22F4O/c1-2-3-19-9-11-24(30-19)16-6-4-15(5-7-16)17-8-10-20(21(26)12-17)18-13-22(27)25(29)23(28)14-18/h4-8,10,12-14,19,24H,2-3,9,11H2,1H3. The van der Waals surface area contributed by atoms with Crippen LogP contribution in [0.5, 0.6) is 0 Å². The molecular weight excluding hydrogens is 392 g/mol. The molecule has 1 fully saturated rings. The molecule has 1 heterocycles. The van der Waals surface area contributed by atoms with Gasteiger partial charge in [0.05, 0.1) is 12.2 Å². The smallest absolute Gasteiger partial charge is 0.194 e. The van der Waals surface area contributed by atoms with Crippen molar-refractivity contribution in [2.24, 2.45) is 0 Å². The largest absolute Gasteiger partial charge is 0.370 e. The summed E-state index contributed by atoms with van der Waals surface area (Å²) in [4.78, 5) is 0. The molecule has 30 heavy (non-hydrogen) atoms. The van der Waals surface area contributed by atoms with Crippen molar-refractivity contribution in [1.82, 2.24) is 0 Å². The summed E-state index contributed by atoms with van der Waals surface area (Å²) in [6.45, 7) is 2.15. The normalized spacial score (nSPS) is 18.7. The van der Waals surface area contributed by atoms with Gasteiger partial charge in [0.2, 0.25) is 0 Å². The van der Waals surface area contributed by atoms with E-state index in [0.29, 0.717) is 11.7 Å². The fourth-order valence-electron chi connectivity index (χ4n) is 4.02. The first-order valence-corrected chi connectivity index (χ1v) is 10.2. The fourth-order valence-corrected chi connectivity index (χ4v) is 4.02. The van der Waals surface area contributed by atoms with Crippen molar-refractivity contribution in [2.75, 3.05) is 0 Å². The molecule has 2 unspecified atom stereocenters. The van der Waals surface area contributed by atoms with Crippen molar-refractivity contribution in [1.29, 1.82) is 0 Å². The Hall–Kier alpha value is -2.66. The van der Waals surface area contributed by atoms with Crippen molar-refractivity contribution in [3.05, 3.63) is 83.4 Å². The van der Waals surface area contributed by atoms with Gasteiger partial charge in [0.25, 0.3) is 0 Å². The Balaban J connectivity index is 1.55. The lowest BCUT2D eigenvalue weighted by atomic mass is 9.97. The van der Waals surface area contributed by atoms with Gasteiger partial charge in [-0.05, 0) is 59.7 Å². The minimum atomic E-state index is -1.57. The first-order valence-electron chi connectivity index (χ1n) is 10.2. The third kappa shape index (κ3) is 4.12. The SMILES string of the molecule is CCCC1CCC(c2ccc(-c3ccc(-c4cc(F)c(F)c(F)c4)c(F)c3)cc2)O1. The van der Waals surface area contributed by atoms with Crippen LogP contribution < -0.4 is 0 Å². The van der Waals surface area contributed by atoms with Gasteiger partial charge in [-0.15, -0.1) is 0 Å². The van der Waals surface area contributed by atoms with E-state index in [4.69, 9.17) is 4.74 Å². The van der Waals surface area contributed by atoms with E-state index in [-0.39, 0.29) is 17.2 Å². The molecule has 1 saturated heterocycles. The molecule has 0 N–H and O–H groups in total. The van der Waals surface area contributed by atoms with E-state index in [0.717, 1.165) is 48.9 Å². The van der Waals surface area contributed by atoms with Gasteiger partial charge in [-0.3, -0.25) is 0 Å². The molecule has 2 atom stereocenters. The molecule has 1 aliphatic rings. The minimum Gasteiger partial charge on any atom is -0.370 e. The maximum absolute atomic E-state index is 14.7. The van der Waals surface area contributed by atoms with Crippen LogP contribution in [0.2, 0.25) is 0 Å². The Labute approximate surface area is 173 Å². The summed E-state index contributed by atoms with van der Waals surface area (Å²) in [7, 11) is 0. The highest BCUT2D eigenvalue weighted by molar-refractivity contribution is 5.71. The molecule has 0 aliphatic carbocycles. The van der Waals surface area contributed by atoms with E-state index in [1.54, 1.807) is 6.07 Å². The molecule has 0 spiro atoms. The lowest BCUT2D eigenvalue weighted by Crippen LogP contribution is -2.05. The van der Waals surface area contributed by atoms with Crippen LogP contribution in [0, 0.1) is 23.3 Å². The predicted octanol–water partition coefficient (Wildman–Crippen LogP) is 7.60. The molecule has 5 heteroatoms. The van der Waals surface area contributed by atoms with Crippen LogP contribution in [-0.2, 0) is 4.74 Å². The van der Waals surface area contributed by atoms with Crippen molar-refractivity contribution in [3.63, 3.8) is 0 Å². The first kappa shape index (κ1) is 20.6. The molecule has 1 nitrogen and oxygen atoms in total. The van der Waals surface area contributed by atoms with E-state index >= 15 is 0 Å². The zero-order valence-corrected chi connectivity index (χ0v) is 16.6. The monoisotopic (exact) mass is 414 g/mol. The third-order valence-corrected chi connectivity index (χ3v) is 5.60. The van der Waals surface area contributed by atoms with Crippen LogP contribution in [-0.4, -0.2) is 6.10 Å². The average Bonchev–Trinajstić information content (AvgIpc) is 3.21. The molecule has 3 aromatic rings.